The van der Waals surface area contributed by atoms with E-state index in [1.165, 1.54) is 40.8 Å². The van der Waals surface area contributed by atoms with Gasteiger partial charge in [0.25, 0.3) is 0 Å². The number of hydrogen-bond donors (Lipinski definition) is 0. The molecule has 0 N–H and O–H groups in total. The second-order valence-electron chi connectivity index (χ2n) is 4.60. The molecule has 0 aliphatic heterocycles. The van der Waals surface area contributed by atoms with E-state index < -0.39 is 0 Å². The summed E-state index contributed by atoms with van der Waals surface area (Å²) < 4.78 is 1.95. The van der Waals surface area contributed by atoms with Crippen LogP contribution in [0.5, 0.6) is 0 Å². The molecule has 1 aromatic heterocycles. The maximum absolute atomic E-state index is 4.27. The van der Waals surface area contributed by atoms with Gasteiger partial charge in [0, 0.05) is 23.1 Å². The Kier molecular flexibility index (Phi) is 2.64. The van der Waals surface area contributed by atoms with E-state index in [0.29, 0.717) is 0 Å². The summed E-state index contributed by atoms with van der Waals surface area (Å²) in [5, 5.41) is 5.50. The molecule has 3 heteroatoms. The van der Waals surface area contributed by atoms with Crippen LogP contribution in [0.2, 0.25) is 0 Å². The summed E-state index contributed by atoms with van der Waals surface area (Å²) in [5.74, 6) is 2.25. The topological polar surface area (TPSA) is 17.8 Å². The van der Waals surface area contributed by atoms with Crippen LogP contribution < -0.4 is 0 Å². The summed E-state index contributed by atoms with van der Waals surface area (Å²) in [6.07, 6.45) is 6.23. The number of fused-ring (bicyclic) bond motifs is 1. The van der Waals surface area contributed by atoms with Crippen molar-refractivity contribution in [2.45, 2.75) is 24.2 Å². The zero-order valence-electron chi connectivity index (χ0n) is 9.52. The number of aryl methyl sites for hydroxylation is 1. The third kappa shape index (κ3) is 1.84. The molecule has 16 heavy (non-hydrogen) atoms. The van der Waals surface area contributed by atoms with Crippen molar-refractivity contribution in [3.05, 3.63) is 24.4 Å². The van der Waals surface area contributed by atoms with E-state index in [-0.39, 0.29) is 0 Å². The van der Waals surface area contributed by atoms with E-state index in [1.54, 1.807) is 0 Å². The highest BCUT2D eigenvalue weighted by atomic mass is 32.2. The quantitative estimate of drug-likeness (QED) is 0.754. The van der Waals surface area contributed by atoms with Gasteiger partial charge in [-0.3, -0.25) is 4.68 Å². The molecule has 1 aromatic carbocycles. The van der Waals surface area contributed by atoms with E-state index in [2.05, 4.69) is 23.3 Å². The molecule has 2 nitrogen and oxygen atoms in total. The summed E-state index contributed by atoms with van der Waals surface area (Å²) >= 11 is 1.99. The van der Waals surface area contributed by atoms with Crippen molar-refractivity contribution in [2.75, 3.05) is 5.75 Å². The van der Waals surface area contributed by atoms with Crippen LogP contribution in [0.3, 0.4) is 0 Å². The fourth-order valence-electron chi connectivity index (χ4n) is 2.09. The van der Waals surface area contributed by atoms with E-state index in [1.807, 2.05) is 29.7 Å². The predicted octanol–water partition coefficient (Wildman–Crippen LogP) is 3.47. The predicted molar refractivity (Wildman–Crippen MR) is 68.8 cm³/mol. The Morgan fingerprint density at radius 2 is 2.31 bits per heavy atom. The first-order valence-electron chi connectivity index (χ1n) is 5.87. The van der Waals surface area contributed by atoms with Crippen LogP contribution in [0.1, 0.15) is 19.3 Å². The zero-order chi connectivity index (χ0) is 11.0. The molecule has 0 atom stereocenters. The number of thioether (sulfide) groups is 1. The number of rotatable bonds is 3. The summed E-state index contributed by atoms with van der Waals surface area (Å²) in [6, 6.07) is 6.64. The first-order valence-corrected chi connectivity index (χ1v) is 6.86. The summed E-state index contributed by atoms with van der Waals surface area (Å²) in [4.78, 5) is 1.38. The lowest BCUT2D eigenvalue weighted by Crippen LogP contribution is -2.13. The summed E-state index contributed by atoms with van der Waals surface area (Å²) in [5.41, 5.74) is 1.23. The minimum atomic E-state index is 0.965. The lowest BCUT2D eigenvalue weighted by atomic mass is 9.87. The summed E-state index contributed by atoms with van der Waals surface area (Å²) in [7, 11) is 2.00. The molecule has 0 bridgehead atoms. The standard InChI is InChI=1S/C13H16N2S/c1-15-13-7-12(6-5-11(13)8-14-15)16-9-10-3-2-4-10/h5-8,10H,2-4,9H2,1H3. The lowest BCUT2D eigenvalue weighted by Gasteiger charge is -2.24. The molecular weight excluding hydrogens is 216 g/mol. The highest BCUT2D eigenvalue weighted by Gasteiger charge is 2.17. The van der Waals surface area contributed by atoms with Crippen molar-refractivity contribution in [2.24, 2.45) is 13.0 Å². The monoisotopic (exact) mass is 232 g/mol. The van der Waals surface area contributed by atoms with Gasteiger partial charge in [-0.05, 0) is 30.9 Å². The van der Waals surface area contributed by atoms with Gasteiger partial charge in [0.05, 0.1) is 11.7 Å². The fraction of sp³-hybridized carbons (Fsp3) is 0.462. The molecule has 1 fully saturated rings. The van der Waals surface area contributed by atoms with Gasteiger partial charge in [-0.1, -0.05) is 12.5 Å². The van der Waals surface area contributed by atoms with Gasteiger partial charge < -0.3 is 0 Å². The van der Waals surface area contributed by atoms with Crippen molar-refractivity contribution >= 4 is 22.7 Å². The van der Waals surface area contributed by atoms with Gasteiger partial charge >= 0.3 is 0 Å². The van der Waals surface area contributed by atoms with Crippen LogP contribution in [0.25, 0.3) is 10.9 Å². The molecule has 0 unspecified atom stereocenters. The molecule has 1 aliphatic rings. The Morgan fingerprint density at radius 1 is 1.44 bits per heavy atom. The van der Waals surface area contributed by atoms with E-state index in [4.69, 9.17) is 0 Å². The molecule has 0 saturated heterocycles. The largest absolute Gasteiger partial charge is 0.268 e. The molecule has 1 saturated carbocycles. The Bertz CT molecular complexity index is 500. The van der Waals surface area contributed by atoms with Gasteiger partial charge in [-0.15, -0.1) is 11.8 Å². The number of aromatic nitrogens is 2. The van der Waals surface area contributed by atoms with Crippen LogP contribution in [0.4, 0.5) is 0 Å². The van der Waals surface area contributed by atoms with E-state index in [9.17, 15) is 0 Å². The highest BCUT2D eigenvalue weighted by Crippen LogP contribution is 2.33. The maximum Gasteiger partial charge on any atom is 0.0690 e. The fourth-order valence-corrected chi connectivity index (χ4v) is 3.21. The maximum atomic E-state index is 4.27. The van der Waals surface area contributed by atoms with Gasteiger partial charge in [-0.25, -0.2) is 0 Å². The van der Waals surface area contributed by atoms with Crippen molar-refractivity contribution < 1.29 is 0 Å². The number of benzene rings is 1. The number of hydrogen-bond acceptors (Lipinski definition) is 2. The molecular formula is C13H16N2S. The molecule has 0 amide bonds. The van der Waals surface area contributed by atoms with Crippen LogP contribution in [-0.2, 0) is 7.05 Å². The smallest absolute Gasteiger partial charge is 0.0690 e. The van der Waals surface area contributed by atoms with E-state index in [0.717, 1.165) is 5.92 Å². The van der Waals surface area contributed by atoms with Crippen molar-refractivity contribution in [3.8, 4) is 0 Å². The Morgan fingerprint density at radius 3 is 3.06 bits per heavy atom. The molecule has 0 spiro atoms. The van der Waals surface area contributed by atoms with Crippen molar-refractivity contribution in [1.82, 2.24) is 9.78 Å². The normalized spacial score (nSPS) is 16.6. The van der Waals surface area contributed by atoms with Crippen LogP contribution in [-0.4, -0.2) is 15.5 Å². The molecule has 0 radical (unpaired) electrons. The molecule has 2 aromatic rings. The third-order valence-electron chi connectivity index (χ3n) is 3.43. The number of nitrogens with zero attached hydrogens (tertiary/aromatic N) is 2. The van der Waals surface area contributed by atoms with Crippen molar-refractivity contribution in [1.29, 1.82) is 0 Å². The lowest BCUT2D eigenvalue weighted by molar-refractivity contribution is 0.353. The third-order valence-corrected chi connectivity index (χ3v) is 4.66. The molecule has 1 heterocycles. The van der Waals surface area contributed by atoms with Crippen LogP contribution in [0.15, 0.2) is 29.3 Å². The van der Waals surface area contributed by atoms with Crippen LogP contribution >= 0.6 is 11.8 Å². The minimum Gasteiger partial charge on any atom is -0.268 e. The highest BCUT2D eigenvalue weighted by molar-refractivity contribution is 7.99. The first-order chi connectivity index (χ1) is 7.83. The Balaban J connectivity index is 1.78. The Labute approximate surface area is 100 Å². The second-order valence-corrected chi connectivity index (χ2v) is 5.69. The van der Waals surface area contributed by atoms with Gasteiger partial charge in [0.1, 0.15) is 0 Å². The van der Waals surface area contributed by atoms with Crippen LogP contribution in [0, 0.1) is 5.92 Å². The average Bonchev–Trinajstić information content (AvgIpc) is 2.58. The first kappa shape index (κ1) is 10.2. The van der Waals surface area contributed by atoms with Crippen molar-refractivity contribution in [3.63, 3.8) is 0 Å². The van der Waals surface area contributed by atoms with Gasteiger partial charge in [0.2, 0.25) is 0 Å². The average molecular weight is 232 g/mol. The molecule has 3 rings (SSSR count). The van der Waals surface area contributed by atoms with E-state index >= 15 is 0 Å². The molecule has 84 valence electrons. The SMILES string of the molecule is Cn1ncc2ccc(SCC3CCC3)cc21. The summed E-state index contributed by atoms with van der Waals surface area (Å²) in [6.45, 7) is 0. The second kappa shape index (κ2) is 4.13. The van der Waals surface area contributed by atoms with Gasteiger partial charge in [0.15, 0.2) is 0 Å². The molecule has 1 aliphatic carbocycles. The van der Waals surface area contributed by atoms with Gasteiger partial charge in [-0.2, -0.15) is 5.10 Å². The zero-order valence-corrected chi connectivity index (χ0v) is 10.3. The Hall–Kier alpha value is -0.960. The minimum absolute atomic E-state index is 0.965.